The van der Waals surface area contributed by atoms with Crippen molar-refractivity contribution in [3.05, 3.63) is 23.3 Å². The van der Waals surface area contributed by atoms with Gasteiger partial charge in [0.2, 0.25) is 0 Å². The van der Waals surface area contributed by atoms with Gasteiger partial charge in [-0.2, -0.15) is 0 Å². The van der Waals surface area contributed by atoms with Gasteiger partial charge in [-0.15, -0.1) is 11.8 Å². The number of aryl methyl sites for hydroxylation is 2. The van der Waals surface area contributed by atoms with E-state index in [9.17, 15) is 0 Å². The molecule has 1 atom stereocenters. The normalized spacial score (nSPS) is 19.5. The van der Waals surface area contributed by atoms with Crippen molar-refractivity contribution in [3.63, 3.8) is 0 Å². The molecule has 1 unspecified atom stereocenters. The van der Waals surface area contributed by atoms with E-state index in [0.717, 1.165) is 12.3 Å². The highest BCUT2D eigenvalue weighted by Crippen LogP contribution is 2.34. The first kappa shape index (κ1) is 10.8. The van der Waals surface area contributed by atoms with Gasteiger partial charge in [-0.1, -0.05) is 0 Å². The zero-order valence-electron chi connectivity index (χ0n) is 9.55. The Morgan fingerprint density at radius 2 is 2.13 bits per heavy atom. The fraction of sp³-hybridized carbons (Fsp3) is 0.500. The molecule has 3 heteroatoms. The smallest absolute Gasteiger partial charge is 0.0484 e. The molecule has 1 heterocycles. The molecule has 15 heavy (non-hydrogen) atoms. The number of rotatable bonds is 2. The number of hydrogen-bond acceptors (Lipinski definition) is 3. The van der Waals surface area contributed by atoms with E-state index in [-0.39, 0.29) is 0 Å². The Morgan fingerprint density at radius 1 is 1.40 bits per heavy atom. The van der Waals surface area contributed by atoms with Crippen LogP contribution in [0.3, 0.4) is 0 Å². The average Bonchev–Trinajstić information content (AvgIpc) is 2.21. The van der Waals surface area contributed by atoms with Gasteiger partial charge in [0, 0.05) is 28.9 Å². The third kappa shape index (κ3) is 2.29. The molecule has 1 aliphatic rings. The summed E-state index contributed by atoms with van der Waals surface area (Å²) in [6, 6.07) is 5.10. The first-order valence-corrected chi connectivity index (χ1v) is 6.34. The number of benzene rings is 1. The van der Waals surface area contributed by atoms with Crippen molar-refractivity contribution >= 4 is 17.4 Å². The van der Waals surface area contributed by atoms with Crippen LogP contribution in [0.2, 0.25) is 0 Å². The van der Waals surface area contributed by atoms with E-state index in [1.165, 1.54) is 21.7 Å². The molecule has 1 aromatic rings. The van der Waals surface area contributed by atoms with E-state index in [2.05, 4.69) is 36.6 Å². The van der Waals surface area contributed by atoms with Crippen LogP contribution in [0.4, 0.5) is 5.69 Å². The molecule has 0 fully saturated rings. The summed E-state index contributed by atoms with van der Waals surface area (Å²) in [4.78, 5) is 1.39. The van der Waals surface area contributed by atoms with Gasteiger partial charge in [0.1, 0.15) is 0 Å². The van der Waals surface area contributed by atoms with Gasteiger partial charge >= 0.3 is 0 Å². The predicted molar refractivity (Wildman–Crippen MR) is 68.0 cm³/mol. The lowest BCUT2D eigenvalue weighted by molar-refractivity contribution is 0.702. The van der Waals surface area contributed by atoms with Crippen molar-refractivity contribution in [3.8, 4) is 0 Å². The summed E-state index contributed by atoms with van der Waals surface area (Å²) in [7, 11) is 2.00. The lowest BCUT2D eigenvalue weighted by Gasteiger charge is -2.27. The lowest BCUT2D eigenvalue weighted by atomic mass is 10.1. The van der Waals surface area contributed by atoms with Crippen molar-refractivity contribution in [1.82, 2.24) is 5.32 Å². The van der Waals surface area contributed by atoms with E-state index >= 15 is 0 Å². The zero-order chi connectivity index (χ0) is 10.8. The molecular formula is C12H18N2S. The molecule has 0 saturated heterocycles. The summed E-state index contributed by atoms with van der Waals surface area (Å²) in [5, 5.41) is 6.80. The molecule has 1 aliphatic heterocycles. The molecule has 0 aromatic heterocycles. The maximum Gasteiger partial charge on any atom is 0.0484 e. The molecule has 2 N–H and O–H groups in total. The van der Waals surface area contributed by atoms with Gasteiger partial charge in [-0.3, -0.25) is 0 Å². The first-order chi connectivity index (χ1) is 7.20. The summed E-state index contributed by atoms with van der Waals surface area (Å²) < 4.78 is 0. The zero-order valence-corrected chi connectivity index (χ0v) is 10.4. The molecule has 0 amide bonds. The Morgan fingerprint density at radius 3 is 2.87 bits per heavy atom. The van der Waals surface area contributed by atoms with Crippen molar-refractivity contribution in [2.75, 3.05) is 24.7 Å². The first-order valence-electron chi connectivity index (χ1n) is 5.36. The third-order valence-corrected chi connectivity index (χ3v) is 4.06. The highest BCUT2D eigenvalue weighted by atomic mass is 32.2. The maximum absolute atomic E-state index is 3.58. The Labute approximate surface area is 95.8 Å². The number of likely N-dealkylation sites (N-methyl/N-ethyl adjacent to an activating group) is 1. The summed E-state index contributed by atoms with van der Waals surface area (Å²) in [6.45, 7) is 5.37. The molecule has 1 aromatic carbocycles. The molecular weight excluding hydrogens is 204 g/mol. The molecule has 0 aliphatic carbocycles. The number of fused-ring (bicyclic) bond motifs is 1. The van der Waals surface area contributed by atoms with E-state index < -0.39 is 0 Å². The molecule has 2 nitrogen and oxygen atoms in total. The molecule has 0 spiro atoms. The van der Waals surface area contributed by atoms with Crippen LogP contribution in [0.5, 0.6) is 0 Å². The SMILES string of the molecule is CNCC1CSc2cc(C)c(C)cc2N1. The van der Waals surface area contributed by atoms with Gasteiger partial charge in [-0.25, -0.2) is 0 Å². The van der Waals surface area contributed by atoms with Crippen molar-refractivity contribution in [2.24, 2.45) is 0 Å². The minimum atomic E-state index is 0.551. The van der Waals surface area contributed by atoms with Crippen LogP contribution in [-0.2, 0) is 0 Å². The maximum atomic E-state index is 3.58. The summed E-state index contributed by atoms with van der Waals surface area (Å²) >= 11 is 1.96. The van der Waals surface area contributed by atoms with Gasteiger partial charge in [0.25, 0.3) is 0 Å². The summed E-state index contributed by atoms with van der Waals surface area (Å²) in [6.07, 6.45) is 0. The standard InChI is InChI=1S/C12H18N2S/c1-8-4-11-12(5-9(8)2)15-7-10(14-11)6-13-3/h4-5,10,13-14H,6-7H2,1-3H3. The number of thioether (sulfide) groups is 1. The van der Waals surface area contributed by atoms with Gasteiger partial charge in [0.05, 0.1) is 0 Å². The number of nitrogens with one attached hydrogen (secondary N) is 2. The highest BCUT2D eigenvalue weighted by Gasteiger charge is 2.17. The second-order valence-electron chi connectivity index (χ2n) is 4.14. The van der Waals surface area contributed by atoms with Crippen LogP contribution in [0.1, 0.15) is 11.1 Å². The van der Waals surface area contributed by atoms with Gasteiger partial charge in [-0.05, 0) is 44.2 Å². The van der Waals surface area contributed by atoms with Crippen molar-refractivity contribution in [1.29, 1.82) is 0 Å². The molecule has 0 bridgehead atoms. The summed E-state index contributed by atoms with van der Waals surface area (Å²) in [5.41, 5.74) is 4.05. The van der Waals surface area contributed by atoms with Crippen LogP contribution in [0, 0.1) is 13.8 Å². The summed E-state index contributed by atoms with van der Waals surface area (Å²) in [5.74, 6) is 1.15. The lowest BCUT2D eigenvalue weighted by Crippen LogP contribution is -2.35. The van der Waals surface area contributed by atoms with Crippen molar-refractivity contribution < 1.29 is 0 Å². The quantitative estimate of drug-likeness (QED) is 0.803. The second-order valence-corrected chi connectivity index (χ2v) is 5.20. The van der Waals surface area contributed by atoms with Crippen LogP contribution >= 0.6 is 11.8 Å². The monoisotopic (exact) mass is 222 g/mol. The molecule has 0 saturated carbocycles. The topological polar surface area (TPSA) is 24.1 Å². The average molecular weight is 222 g/mol. The molecule has 82 valence electrons. The fourth-order valence-corrected chi connectivity index (χ4v) is 2.95. The second kappa shape index (κ2) is 4.45. The van der Waals surface area contributed by atoms with Gasteiger partial charge in [0.15, 0.2) is 0 Å². The van der Waals surface area contributed by atoms with E-state index in [4.69, 9.17) is 0 Å². The molecule has 0 radical (unpaired) electrons. The van der Waals surface area contributed by atoms with Crippen LogP contribution < -0.4 is 10.6 Å². The molecule has 2 rings (SSSR count). The van der Waals surface area contributed by atoms with Crippen LogP contribution in [0.25, 0.3) is 0 Å². The Kier molecular flexibility index (Phi) is 3.22. The minimum absolute atomic E-state index is 0.551. The third-order valence-electron chi connectivity index (χ3n) is 2.85. The van der Waals surface area contributed by atoms with Gasteiger partial charge < -0.3 is 10.6 Å². The van der Waals surface area contributed by atoms with E-state index in [0.29, 0.717) is 6.04 Å². The van der Waals surface area contributed by atoms with Crippen LogP contribution in [0.15, 0.2) is 17.0 Å². The fourth-order valence-electron chi connectivity index (χ4n) is 1.83. The Bertz CT molecular complexity index is 363. The number of hydrogen-bond donors (Lipinski definition) is 2. The largest absolute Gasteiger partial charge is 0.379 e. The van der Waals surface area contributed by atoms with E-state index in [1.54, 1.807) is 0 Å². The van der Waals surface area contributed by atoms with Crippen LogP contribution in [-0.4, -0.2) is 25.4 Å². The Balaban J connectivity index is 2.22. The minimum Gasteiger partial charge on any atom is -0.379 e. The Hall–Kier alpha value is -0.670. The predicted octanol–water partition coefficient (Wildman–Crippen LogP) is 2.41. The van der Waals surface area contributed by atoms with Crippen molar-refractivity contribution in [2.45, 2.75) is 24.8 Å². The highest BCUT2D eigenvalue weighted by molar-refractivity contribution is 7.99. The van der Waals surface area contributed by atoms with E-state index in [1.807, 2.05) is 18.8 Å². The number of anilines is 1.